The molecule has 0 spiro atoms. The van der Waals surface area contributed by atoms with Gasteiger partial charge in [-0.25, -0.2) is 0 Å². The second-order valence-corrected chi connectivity index (χ2v) is 5.91. The molecule has 0 amide bonds. The van der Waals surface area contributed by atoms with Crippen LogP contribution in [-0.4, -0.2) is 31.1 Å². The Morgan fingerprint density at radius 1 is 1.21 bits per heavy atom. The Hall–Kier alpha value is -0.860. The highest BCUT2D eigenvalue weighted by molar-refractivity contribution is 5.24. The van der Waals surface area contributed by atoms with Gasteiger partial charge in [-0.15, -0.1) is 0 Å². The van der Waals surface area contributed by atoms with Crippen LogP contribution in [0, 0.1) is 0 Å². The Labute approximate surface area is 118 Å². The van der Waals surface area contributed by atoms with Crippen LogP contribution in [0.5, 0.6) is 0 Å². The Kier molecular flexibility index (Phi) is 5.41. The SMILES string of the molecule is CCc1ccc(C(C)NC2CCCN(C)CC2)cc1. The quantitative estimate of drug-likeness (QED) is 0.893. The summed E-state index contributed by atoms with van der Waals surface area (Å²) < 4.78 is 0. The van der Waals surface area contributed by atoms with E-state index in [-0.39, 0.29) is 0 Å². The molecule has 0 bridgehead atoms. The summed E-state index contributed by atoms with van der Waals surface area (Å²) in [7, 11) is 2.23. The summed E-state index contributed by atoms with van der Waals surface area (Å²) in [5.74, 6) is 0. The fourth-order valence-corrected chi connectivity index (χ4v) is 2.90. The van der Waals surface area contributed by atoms with Crippen LogP contribution >= 0.6 is 0 Å². The maximum Gasteiger partial charge on any atom is 0.0294 e. The van der Waals surface area contributed by atoms with Gasteiger partial charge < -0.3 is 10.2 Å². The van der Waals surface area contributed by atoms with E-state index in [9.17, 15) is 0 Å². The maximum atomic E-state index is 3.81. The number of nitrogens with zero attached hydrogens (tertiary/aromatic N) is 1. The van der Waals surface area contributed by atoms with Gasteiger partial charge in [0, 0.05) is 12.1 Å². The van der Waals surface area contributed by atoms with E-state index in [1.165, 1.54) is 43.5 Å². The lowest BCUT2D eigenvalue weighted by Gasteiger charge is -2.22. The highest BCUT2D eigenvalue weighted by atomic mass is 15.1. The summed E-state index contributed by atoms with van der Waals surface area (Å²) in [5, 5.41) is 3.81. The predicted octanol–water partition coefficient (Wildman–Crippen LogP) is 3.38. The molecule has 1 heterocycles. The monoisotopic (exact) mass is 260 g/mol. The number of hydrogen-bond donors (Lipinski definition) is 1. The molecule has 0 radical (unpaired) electrons. The van der Waals surface area contributed by atoms with Crippen molar-refractivity contribution in [1.82, 2.24) is 10.2 Å². The zero-order valence-electron chi connectivity index (χ0n) is 12.7. The third kappa shape index (κ3) is 4.32. The van der Waals surface area contributed by atoms with Gasteiger partial charge in [-0.3, -0.25) is 0 Å². The molecule has 19 heavy (non-hydrogen) atoms. The van der Waals surface area contributed by atoms with Crippen molar-refractivity contribution in [2.75, 3.05) is 20.1 Å². The molecule has 1 aliphatic heterocycles. The van der Waals surface area contributed by atoms with Crippen molar-refractivity contribution in [3.8, 4) is 0 Å². The molecule has 1 saturated heterocycles. The molecule has 1 aromatic rings. The van der Waals surface area contributed by atoms with Gasteiger partial charge in [0.15, 0.2) is 0 Å². The van der Waals surface area contributed by atoms with Crippen LogP contribution in [0.15, 0.2) is 24.3 Å². The van der Waals surface area contributed by atoms with Gasteiger partial charge in [-0.05, 0) is 63.9 Å². The van der Waals surface area contributed by atoms with Gasteiger partial charge >= 0.3 is 0 Å². The average Bonchev–Trinajstić information content (AvgIpc) is 2.64. The summed E-state index contributed by atoms with van der Waals surface area (Å²) >= 11 is 0. The summed E-state index contributed by atoms with van der Waals surface area (Å²) in [6.45, 7) is 6.96. The standard InChI is InChI=1S/C17H28N2/c1-4-15-7-9-16(10-8-15)14(2)18-17-6-5-12-19(3)13-11-17/h7-10,14,17-18H,4-6,11-13H2,1-3H3. The molecule has 2 unspecified atom stereocenters. The normalized spacial score (nSPS) is 23.0. The number of aryl methyl sites for hydroxylation is 1. The van der Waals surface area contributed by atoms with Gasteiger partial charge in [0.2, 0.25) is 0 Å². The highest BCUT2D eigenvalue weighted by Gasteiger charge is 2.17. The minimum atomic E-state index is 0.458. The molecule has 2 nitrogen and oxygen atoms in total. The van der Waals surface area contributed by atoms with Gasteiger partial charge in [0.05, 0.1) is 0 Å². The molecular weight excluding hydrogens is 232 g/mol. The Bertz CT molecular complexity index is 371. The Morgan fingerprint density at radius 2 is 1.95 bits per heavy atom. The van der Waals surface area contributed by atoms with Crippen molar-refractivity contribution in [3.63, 3.8) is 0 Å². The van der Waals surface area contributed by atoms with E-state index >= 15 is 0 Å². The maximum absolute atomic E-state index is 3.81. The molecule has 0 saturated carbocycles. The van der Waals surface area contributed by atoms with E-state index in [1.807, 2.05) is 0 Å². The second-order valence-electron chi connectivity index (χ2n) is 5.91. The average molecular weight is 260 g/mol. The minimum absolute atomic E-state index is 0.458. The third-order valence-corrected chi connectivity index (χ3v) is 4.33. The second kappa shape index (κ2) is 7.06. The van der Waals surface area contributed by atoms with Crippen molar-refractivity contribution >= 4 is 0 Å². The first-order chi connectivity index (χ1) is 9.19. The highest BCUT2D eigenvalue weighted by Crippen LogP contribution is 2.18. The van der Waals surface area contributed by atoms with Crippen LogP contribution in [0.2, 0.25) is 0 Å². The number of nitrogens with one attached hydrogen (secondary N) is 1. The van der Waals surface area contributed by atoms with Crippen molar-refractivity contribution < 1.29 is 0 Å². The summed E-state index contributed by atoms with van der Waals surface area (Å²) in [5.41, 5.74) is 2.84. The number of rotatable bonds is 4. The van der Waals surface area contributed by atoms with Gasteiger partial charge in [0.25, 0.3) is 0 Å². The van der Waals surface area contributed by atoms with Crippen LogP contribution in [0.1, 0.15) is 50.3 Å². The fraction of sp³-hybridized carbons (Fsp3) is 0.647. The molecule has 1 fully saturated rings. The van der Waals surface area contributed by atoms with E-state index in [1.54, 1.807) is 0 Å². The topological polar surface area (TPSA) is 15.3 Å². The zero-order chi connectivity index (χ0) is 13.7. The Balaban J connectivity index is 1.90. The molecule has 1 N–H and O–H groups in total. The van der Waals surface area contributed by atoms with Crippen molar-refractivity contribution in [3.05, 3.63) is 35.4 Å². The molecule has 0 aromatic heterocycles. The smallest absolute Gasteiger partial charge is 0.0294 e. The molecule has 1 aromatic carbocycles. The van der Waals surface area contributed by atoms with E-state index in [0.29, 0.717) is 12.1 Å². The molecule has 2 atom stereocenters. The molecular formula is C17H28N2. The van der Waals surface area contributed by atoms with E-state index in [4.69, 9.17) is 0 Å². The third-order valence-electron chi connectivity index (χ3n) is 4.33. The number of hydrogen-bond acceptors (Lipinski definition) is 2. The van der Waals surface area contributed by atoms with Crippen LogP contribution in [0.25, 0.3) is 0 Å². The van der Waals surface area contributed by atoms with Crippen LogP contribution in [0.4, 0.5) is 0 Å². The van der Waals surface area contributed by atoms with E-state index < -0.39 is 0 Å². The minimum Gasteiger partial charge on any atom is -0.307 e. The van der Waals surface area contributed by atoms with Gasteiger partial charge in [-0.1, -0.05) is 31.2 Å². The van der Waals surface area contributed by atoms with Crippen molar-refractivity contribution in [2.45, 2.75) is 51.6 Å². The molecule has 2 heteroatoms. The number of benzene rings is 1. The predicted molar refractivity (Wildman–Crippen MR) is 82.5 cm³/mol. The molecule has 1 aliphatic rings. The molecule has 2 rings (SSSR count). The first-order valence-electron chi connectivity index (χ1n) is 7.72. The van der Waals surface area contributed by atoms with Gasteiger partial charge in [-0.2, -0.15) is 0 Å². The molecule has 106 valence electrons. The lowest BCUT2D eigenvalue weighted by atomic mass is 10.0. The van der Waals surface area contributed by atoms with Crippen LogP contribution in [-0.2, 0) is 6.42 Å². The van der Waals surface area contributed by atoms with Crippen molar-refractivity contribution in [2.24, 2.45) is 0 Å². The summed E-state index contributed by atoms with van der Waals surface area (Å²) in [6, 6.07) is 10.2. The van der Waals surface area contributed by atoms with Crippen LogP contribution in [0.3, 0.4) is 0 Å². The fourth-order valence-electron chi connectivity index (χ4n) is 2.90. The van der Waals surface area contributed by atoms with Crippen LogP contribution < -0.4 is 5.32 Å². The first-order valence-corrected chi connectivity index (χ1v) is 7.72. The summed E-state index contributed by atoms with van der Waals surface area (Å²) in [4.78, 5) is 2.45. The summed E-state index contributed by atoms with van der Waals surface area (Å²) in [6.07, 6.45) is 5.02. The van der Waals surface area contributed by atoms with E-state index in [0.717, 1.165) is 6.42 Å². The lowest BCUT2D eigenvalue weighted by molar-refractivity contribution is 0.340. The van der Waals surface area contributed by atoms with Gasteiger partial charge in [0.1, 0.15) is 0 Å². The Morgan fingerprint density at radius 3 is 2.63 bits per heavy atom. The first kappa shape index (κ1) is 14.5. The lowest BCUT2D eigenvalue weighted by Crippen LogP contribution is -2.32. The van der Waals surface area contributed by atoms with E-state index in [2.05, 4.69) is 55.4 Å². The number of likely N-dealkylation sites (tertiary alicyclic amines) is 1. The largest absolute Gasteiger partial charge is 0.307 e. The van der Waals surface area contributed by atoms with Crippen molar-refractivity contribution in [1.29, 1.82) is 0 Å². The molecule has 0 aliphatic carbocycles. The zero-order valence-corrected chi connectivity index (χ0v) is 12.7.